The molecule has 0 saturated heterocycles. The van der Waals surface area contributed by atoms with E-state index in [1.54, 1.807) is 0 Å². The minimum Gasteiger partial charge on any atom is -0.374 e. The van der Waals surface area contributed by atoms with Crippen LogP contribution in [0.25, 0.3) is 64.6 Å². The van der Waals surface area contributed by atoms with E-state index in [-0.39, 0.29) is 0 Å². The number of rotatable bonds is 43. The van der Waals surface area contributed by atoms with E-state index in [1.165, 1.54) is 81.3 Å². The highest BCUT2D eigenvalue weighted by atomic mass is 79.9. The SMILES string of the molecule is BrCc1ccc2ccc3ccccc3c2c1.CCO[Si](CCCN)(OCC)OCC.CCO[Si](CCCNCc1ccc2ccc3ccccc3c2c1)(OCC)OCC.CCO[Si](CCCS)(OCC)OCC.CCO[Si](CCCSCc1ccc2ccc3ccccc3c2c1)(OCC)OCC. The van der Waals surface area contributed by atoms with Gasteiger partial charge in [-0.2, -0.15) is 24.4 Å². The Kier molecular flexibility index (Phi) is 43.9. The molecule has 0 aromatic heterocycles. The highest BCUT2D eigenvalue weighted by Gasteiger charge is 2.42. The minimum absolute atomic E-state index is 0.630. The summed E-state index contributed by atoms with van der Waals surface area (Å²) in [4.78, 5) is 0. The molecule has 0 atom stereocenters. The molecule has 9 aromatic carbocycles. The molecule has 0 heterocycles. The van der Waals surface area contributed by atoms with Crippen LogP contribution in [0.2, 0.25) is 24.2 Å². The van der Waals surface area contributed by atoms with Crippen molar-refractivity contribution in [2.45, 2.75) is 151 Å². The number of nitrogens with one attached hydrogen (secondary N) is 1. The first-order valence-corrected chi connectivity index (χ1v) is 48.0. The van der Waals surface area contributed by atoms with Crippen LogP contribution in [0, 0.1) is 0 Å². The Morgan fingerprint density at radius 2 is 0.627 bits per heavy atom. The van der Waals surface area contributed by atoms with Crippen LogP contribution in [0.4, 0.5) is 0 Å². The fourth-order valence-electron chi connectivity index (χ4n) is 12.3. The molecule has 0 aliphatic heterocycles. The molecule has 3 N–H and O–H groups in total. The first-order chi connectivity index (χ1) is 49.8. The number of fused-ring (bicyclic) bond motifs is 9. The lowest BCUT2D eigenvalue weighted by Gasteiger charge is -2.28. The molecular weight excluding hydrogens is 1450 g/mol. The third-order valence-electron chi connectivity index (χ3n) is 16.5. The van der Waals surface area contributed by atoms with Gasteiger partial charge in [-0.15, -0.1) is 0 Å². The van der Waals surface area contributed by atoms with Gasteiger partial charge in [-0.3, -0.25) is 0 Å². The van der Waals surface area contributed by atoms with E-state index in [9.17, 15) is 0 Å². The van der Waals surface area contributed by atoms with Crippen LogP contribution in [-0.4, -0.2) is 139 Å². The number of thioether (sulfide) groups is 1. The monoisotopic (exact) mass is 1570 g/mol. The van der Waals surface area contributed by atoms with E-state index in [1.807, 2.05) is 94.8 Å². The van der Waals surface area contributed by atoms with E-state index in [0.717, 1.165) is 85.5 Å². The van der Waals surface area contributed by atoms with Crippen LogP contribution in [0.3, 0.4) is 0 Å². The maximum absolute atomic E-state index is 5.95. The van der Waals surface area contributed by atoms with Crippen molar-refractivity contribution in [1.82, 2.24) is 5.32 Å². The smallest absolute Gasteiger partial charge is 0.374 e. The summed E-state index contributed by atoms with van der Waals surface area (Å²) in [5.74, 6) is 2.95. The van der Waals surface area contributed by atoms with Crippen LogP contribution >= 0.6 is 40.3 Å². The Morgan fingerprint density at radius 1 is 0.343 bits per heavy atom. The fourth-order valence-corrected chi connectivity index (χ4v) is 24.7. The van der Waals surface area contributed by atoms with Gasteiger partial charge in [0.15, 0.2) is 0 Å². The van der Waals surface area contributed by atoms with E-state index >= 15 is 0 Å². The van der Waals surface area contributed by atoms with E-state index < -0.39 is 35.2 Å². The van der Waals surface area contributed by atoms with Gasteiger partial charge in [-0.25, -0.2) is 0 Å². The van der Waals surface area contributed by atoms with E-state index in [0.29, 0.717) is 85.8 Å². The van der Waals surface area contributed by atoms with Crippen molar-refractivity contribution >= 4 is 140 Å². The Hall–Kier alpha value is -3.97. The molecule has 0 aliphatic rings. The van der Waals surface area contributed by atoms with Crippen LogP contribution in [0.1, 0.15) is 125 Å². The Labute approximate surface area is 634 Å². The molecule has 0 bridgehead atoms. The third-order valence-corrected chi connectivity index (χ3v) is 31.2. The van der Waals surface area contributed by atoms with Crippen molar-refractivity contribution in [2.24, 2.45) is 5.73 Å². The second-order valence-electron chi connectivity index (χ2n) is 23.7. The Balaban J connectivity index is 0.000000239. The second kappa shape index (κ2) is 50.6. The van der Waals surface area contributed by atoms with E-state index in [2.05, 4.69) is 198 Å². The van der Waals surface area contributed by atoms with Crippen LogP contribution in [0.15, 0.2) is 164 Å². The minimum atomic E-state index is -2.53. The molecule has 21 heteroatoms. The highest BCUT2D eigenvalue weighted by Crippen LogP contribution is 2.31. The van der Waals surface area contributed by atoms with Gasteiger partial charge in [0.25, 0.3) is 0 Å². The first-order valence-electron chi connectivity index (χ1n) is 37.3. The van der Waals surface area contributed by atoms with Crippen LogP contribution < -0.4 is 11.1 Å². The molecule has 102 heavy (non-hydrogen) atoms. The van der Waals surface area contributed by atoms with Gasteiger partial charge < -0.3 is 64.2 Å². The fraction of sp³-hybridized carbons (Fsp3) is 0.481. The zero-order chi connectivity index (χ0) is 73.7. The lowest BCUT2D eigenvalue weighted by atomic mass is 10.00. The van der Waals surface area contributed by atoms with Gasteiger partial charge >= 0.3 is 35.2 Å². The molecule has 0 unspecified atom stereocenters. The summed E-state index contributed by atoms with van der Waals surface area (Å²) < 4.78 is 69.6. The van der Waals surface area contributed by atoms with Crippen molar-refractivity contribution < 1.29 is 53.1 Å². The van der Waals surface area contributed by atoms with Crippen molar-refractivity contribution in [3.05, 3.63) is 180 Å². The quantitative estimate of drug-likeness (QED) is 0.0109. The molecule has 562 valence electrons. The zero-order valence-electron chi connectivity index (χ0n) is 63.4. The van der Waals surface area contributed by atoms with Gasteiger partial charge in [0.1, 0.15) is 0 Å². The molecule has 0 saturated carbocycles. The molecule has 9 aromatic rings. The standard InChI is InChI=1S/C24H33NO3Si.C24H32O3SSi.C15H11Br.C9H23NO3Si.C9H22O3SSi/c1-4-26-29(27-5-2,28-6-3)17-9-16-25-19-20-12-13-22-15-14-21-10-7-8-11-23(21)24(22)18-20;1-4-25-29(26-5-2,27-6-3)17-9-16-28-19-20-12-13-22-15-14-21-10-7-8-11-23(21)24(22)18-20;16-10-11-5-6-13-8-7-12-3-1-2-4-14(12)15(13)9-11;1-4-11-14(12-5-2,13-6-3)9-7-8-10;1-4-10-14(11-5-2,12-6-3)9-7-8-13/h7-8,10-15,18,25H,4-6,9,16-17,19H2,1-3H3;7-8,10-15,18H,4-6,9,16-17,19H2,1-3H3;1-9H,10H2;4-10H2,1-3H3;13H,4-9H2,1-3H3. The number of benzene rings is 9. The predicted molar refractivity (Wildman–Crippen MR) is 448 cm³/mol. The topological polar surface area (TPSA) is 149 Å². The van der Waals surface area contributed by atoms with Crippen molar-refractivity contribution in [3.8, 4) is 0 Å². The third kappa shape index (κ3) is 29.0. The lowest BCUT2D eigenvalue weighted by Crippen LogP contribution is -2.46. The maximum Gasteiger partial charge on any atom is 0.500 e. The van der Waals surface area contributed by atoms with Crippen LogP contribution in [0.5, 0.6) is 0 Å². The highest BCUT2D eigenvalue weighted by molar-refractivity contribution is 9.08. The number of hydrogen-bond donors (Lipinski definition) is 3. The second-order valence-corrected chi connectivity index (χ2v) is 36.8. The Bertz CT molecular complexity index is 3510. The molecule has 0 aliphatic carbocycles. The Morgan fingerprint density at radius 3 is 0.971 bits per heavy atom. The summed E-state index contributed by atoms with van der Waals surface area (Å²) in [5.41, 5.74) is 9.48. The normalized spacial score (nSPS) is 11.9. The summed E-state index contributed by atoms with van der Waals surface area (Å²) >= 11 is 9.67. The van der Waals surface area contributed by atoms with Gasteiger partial charge in [0.05, 0.1) is 0 Å². The number of thiol groups is 1. The molecular formula is C81H121BrN2O12S2Si4. The molecule has 0 spiro atoms. The van der Waals surface area contributed by atoms with Gasteiger partial charge in [0, 0.05) is 121 Å². The van der Waals surface area contributed by atoms with Crippen molar-refractivity contribution in [2.75, 3.05) is 104 Å². The first kappa shape index (κ1) is 88.7. The summed E-state index contributed by atoms with van der Waals surface area (Å²) in [6.07, 6.45) is 3.90. The van der Waals surface area contributed by atoms with E-state index in [4.69, 9.17) is 58.8 Å². The number of nitrogens with two attached hydrogens (primary N) is 1. The number of hydrogen-bond acceptors (Lipinski definition) is 16. The van der Waals surface area contributed by atoms with Crippen LogP contribution in [-0.2, 0) is 70.7 Å². The molecule has 14 nitrogen and oxygen atoms in total. The summed E-state index contributed by atoms with van der Waals surface area (Å²) in [6.45, 7) is 33.9. The molecule has 0 amide bonds. The lowest BCUT2D eigenvalue weighted by molar-refractivity contribution is 0.0701. The zero-order valence-corrected chi connectivity index (χ0v) is 70.7. The van der Waals surface area contributed by atoms with Crippen molar-refractivity contribution in [1.29, 1.82) is 0 Å². The number of halogens is 1. The average molecular weight is 1570 g/mol. The van der Waals surface area contributed by atoms with Crippen molar-refractivity contribution in [3.63, 3.8) is 0 Å². The summed E-state index contributed by atoms with van der Waals surface area (Å²) in [5, 5.41) is 20.3. The summed E-state index contributed by atoms with van der Waals surface area (Å²) in [6, 6.07) is 62.6. The van der Waals surface area contributed by atoms with Gasteiger partial charge in [-0.1, -0.05) is 162 Å². The van der Waals surface area contributed by atoms with Gasteiger partial charge in [-0.05, 0) is 233 Å². The summed E-state index contributed by atoms with van der Waals surface area (Å²) in [7, 11) is -9.80. The number of alkyl halides is 1. The van der Waals surface area contributed by atoms with Gasteiger partial charge in [0.2, 0.25) is 0 Å². The predicted octanol–water partition coefficient (Wildman–Crippen LogP) is 20.8. The molecule has 0 fully saturated rings. The maximum atomic E-state index is 5.95. The average Bonchev–Trinajstić information content (AvgIpc) is 0.800. The molecule has 9 rings (SSSR count). The molecule has 0 radical (unpaired) electrons. The largest absolute Gasteiger partial charge is 0.500 e.